The van der Waals surface area contributed by atoms with Crippen molar-refractivity contribution in [3.05, 3.63) is 74.9 Å². The Kier molecular flexibility index (Phi) is 5.33. The number of alkyl halides is 3. The number of aromatic nitrogens is 3. The van der Waals surface area contributed by atoms with Crippen molar-refractivity contribution >= 4 is 51.7 Å². The number of nitrogens with zero attached hydrogens (tertiary/aromatic N) is 3. The van der Waals surface area contributed by atoms with Crippen molar-refractivity contribution in [1.29, 1.82) is 0 Å². The predicted octanol–water partition coefficient (Wildman–Crippen LogP) is 6.17. The molecule has 4 rings (SSSR count). The summed E-state index contributed by atoms with van der Waals surface area (Å²) in [6.45, 7) is 0. The van der Waals surface area contributed by atoms with Gasteiger partial charge >= 0.3 is 6.18 Å². The van der Waals surface area contributed by atoms with Gasteiger partial charge in [0.25, 0.3) is 5.91 Å². The molecule has 0 fully saturated rings. The molecule has 0 atom stereocenters. The van der Waals surface area contributed by atoms with Crippen LogP contribution in [0.25, 0.3) is 28.0 Å². The summed E-state index contributed by atoms with van der Waals surface area (Å²) in [5.41, 5.74) is 4.03. The van der Waals surface area contributed by atoms with E-state index in [1.165, 1.54) is 10.7 Å². The quantitative estimate of drug-likeness (QED) is 0.377. The first-order valence-corrected chi connectivity index (χ1v) is 9.72. The van der Waals surface area contributed by atoms with Crippen molar-refractivity contribution in [2.24, 2.45) is 5.73 Å². The lowest BCUT2D eigenvalue weighted by atomic mass is 10.1. The average Bonchev–Trinajstić information content (AvgIpc) is 3.05. The molecule has 2 aromatic carbocycles. The molecule has 0 saturated heterocycles. The third-order valence-corrected chi connectivity index (χ3v) is 5.24. The molecule has 5 nitrogen and oxygen atoms in total. The summed E-state index contributed by atoms with van der Waals surface area (Å²) in [6, 6.07) is 12.2. The van der Waals surface area contributed by atoms with Gasteiger partial charge in [-0.1, -0.05) is 46.9 Å². The number of carbonyl (C=O) groups is 1. The Morgan fingerprint density at radius 3 is 2.19 bits per heavy atom. The van der Waals surface area contributed by atoms with E-state index in [9.17, 15) is 18.0 Å². The van der Waals surface area contributed by atoms with Crippen LogP contribution in [0.15, 0.2) is 48.5 Å². The van der Waals surface area contributed by atoms with Crippen molar-refractivity contribution in [2.75, 3.05) is 0 Å². The predicted molar refractivity (Wildman–Crippen MR) is 113 cm³/mol. The van der Waals surface area contributed by atoms with Crippen LogP contribution < -0.4 is 5.73 Å². The number of amides is 1. The highest BCUT2D eigenvalue weighted by Gasteiger charge is 2.38. The third kappa shape index (κ3) is 3.94. The lowest BCUT2D eigenvalue weighted by Gasteiger charge is -2.11. The minimum absolute atomic E-state index is 0.176. The van der Waals surface area contributed by atoms with Gasteiger partial charge in [0, 0.05) is 21.0 Å². The zero-order chi connectivity index (χ0) is 22.5. The Balaban J connectivity index is 2.12. The fourth-order valence-corrected chi connectivity index (χ4v) is 3.74. The Morgan fingerprint density at radius 2 is 1.61 bits per heavy atom. The minimum Gasteiger partial charge on any atom is -0.366 e. The zero-order valence-corrected chi connectivity index (χ0v) is 17.5. The van der Waals surface area contributed by atoms with Gasteiger partial charge in [0.1, 0.15) is 0 Å². The Bertz CT molecular complexity index is 1330. The molecule has 1 amide bonds. The molecule has 31 heavy (non-hydrogen) atoms. The first-order valence-electron chi connectivity index (χ1n) is 8.58. The first-order chi connectivity index (χ1) is 14.6. The number of nitrogens with two attached hydrogens (primary N) is 1. The van der Waals surface area contributed by atoms with Gasteiger partial charge < -0.3 is 5.73 Å². The van der Waals surface area contributed by atoms with E-state index >= 15 is 0 Å². The lowest BCUT2D eigenvalue weighted by Crippen LogP contribution is -2.20. The molecule has 4 aromatic rings. The smallest absolute Gasteiger partial charge is 0.366 e. The van der Waals surface area contributed by atoms with E-state index in [1.807, 2.05) is 0 Å². The molecule has 0 aliphatic heterocycles. The van der Waals surface area contributed by atoms with E-state index in [2.05, 4.69) is 10.1 Å². The van der Waals surface area contributed by atoms with Crippen LogP contribution >= 0.6 is 34.8 Å². The molecule has 0 spiro atoms. The second-order valence-corrected chi connectivity index (χ2v) is 7.76. The van der Waals surface area contributed by atoms with E-state index in [0.29, 0.717) is 27.0 Å². The van der Waals surface area contributed by atoms with Crippen molar-refractivity contribution in [3.63, 3.8) is 0 Å². The third-order valence-electron chi connectivity index (χ3n) is 4.45. The van der Waals surface area contributed by atoms with Crippen molar-refractivity contribution in [2.45, 2.75) is 6.18 Å². The second-order valence-electron chi connectivity index (χ2n) is 6.48. The number of carbonyl (C=O) groups excluding carboxylic acids is 1. The van der Waals surface area contributed by atoms with Crippen LogP contribution in [0.5, 0.6) is 0 Å². The molecule has 0 aliphatic rings. The highest BCUT2D eigenvalue weighted by atomic mass is 35.5. The molecule has 0 unspecified atom stereocenters. The molecule has 2 aromatic heterocycles. The summed E-state index contributed by atoms with van der Waals surface area (Å²) in [5.74, 6) is -1.26. The summed E-state index contributed by atoms with van der Waals surface area (Å²) >= 11 is 18.3. The fraction of sp³-hybridized carbons (Fsp3) is 0.0500. The normalized spacial score (nSPS) is 11.8. The van der Waals surface area contributed by atoms with Crippen LogP contribution in [0.3, 0.4) is 0 Å². The molecule has 2 heterocycles. The maximum atomic E-state index is 13.5. The van der Waals surface area contributed by atoms with Gasteiger partial charge in [0.15, 0.2) is 11.3 Å². The molecule has 0 bridgehead atoms. The number of fused-ring (bicyclic) bond motifs is 1. The maximum absolute atomic E-state index is 13.5. The Morgan fingerprint density at radius 1 is 0.968 bits per heavy atom. The molecule has 11 heteroatoms. The van der Waals surface area contributed by atoms with Crippen LogP contribution in [-0.2, 0) is 6.18 Å². The number of benzene rings is 2. The monoisotopic (exact) mass is 484 g/mol. The maximum Gasteiger partial charge on any atom is 0.434 e. The van der Waals surface area contributed by atoms with E-state index in [0.717, 1.165) is 6.07 Å². The number of hydrogen-bond acceptors (Lipinski definition) is 3. The minimum atomic E-state index is -4.90. The van der Waals surface area contributed by atoms with Gasteiger partial charge in [0.05, 0.1) is 22.0 Å². The van der Waals surface area contributed by atoms with E-state index in [1.54, 1.807) is 36.4 Å². The summed E-state index contributed by atoms with van der Waals surface area (Å²) < 4.78 is 41.8. The summed E-state index contributed by atoms with van der Waals surface area (Å²) in [4.78, 5) is 15.4. The van der Waals surface area contributed by atoms with Gasteiger partial charge in [-0.05, 0) is 36.4 Å². The number of primary amides is 1. The topological polar surface area (TPSA) is 73.8 Å². The zero-order valence-electron chi connectivity index (χ0n) is 15.2. The van der Waals surface area contributed by atoms with E-state index in [-0.39, 0.29) is 16.1 Å². The van der Waals surface area contributed by atoms with Crippen LogP contribution in [-0.4, -0.2) is 20.7 Å². The summed E-state index contributed by atoms with van der Waals surface area (Å²) in [5, 5.41) is 5.45. The number of halogens is 6. The largest absolute Gasteiger partial charge is 0.434 e. The Labute approximate surface area is 188 Å². The van der Waals surface area contributed by atoms with E-state index < -0.39 is 23.3 Å². The Hall–Kier alpha value is -2.81. The molecular formula is C20H10Cl3F3N4O. The standard InChI is InChI=1S/C20H10Cl3F3N4O/c21-10-3-1-9(2-4-10)16-12-8-13(18(27)31)17(20(24,25)26)28-19(12)29-30(16)15-6-5-11(22)7-14(15)23/h1-8H,(H2,27,31). The van der Waals surface area contributed by atoms with Crippen LogP contribution in [0.4, 0.5) is 13.2 Å². The molecule has 158 valence electrons. The summed E-state index contributed by atoms with van der Waals surface area (Å²) in [6.07, 6.45) is -4.90. The lowest BCUT2D eigenvalue weighted by molar-refractivity contribution is -0.141. The van der Waals surface area contributed by atoms with Crippen LogP contribution in [0.2, 0.25) is 15.1 Å². The van der Waals surface area contributed by atoms with E-state index in [4.69, 9.17) is 40.5 Å². The van der Waals surface area contributed by atoms with Gasteiger partial charge in [-0.2, -0.15) is 13.2 Å². The highest BCUT2D eigenvalue weighted by molar-refractivity contribution is 6.35. The van der Waals surface area contributed by atoms with Crippen molar-refractivity contribution in [3.8, 4) is 16.9 Å². The van der Waals surface area contributed by atoms with Crippen LogP contribution in [0.1, 0.15) is 16.1 Å². The van der Waals surface area contributed by atoms with Crippen molar-refractivity contribution in [1.82, 2.24) is 14.8 Å². The van der Waals surface area contributed by atoms with Gasteiger partial charge in [0.2, 0.25) is 0 Å². The van der Waals surface area contributed by atoms with Gasteiger partial charge in [-0.25, -0.2) is 9.67 Å². The molecule has 0 saturated carbocycles. The summed E-state index contributed by atoms with van der Waals surface area (Å²) in [7, 11) is 0. The second kappa shape index (κ2) is 7.71. The van der Waals surface area contributed by atoms with Crippen molar-refractivity contribution < 1.29 is 18.0 Å². The molecule has 0 aliphatic carbocycles. The first kappa shape index (κ1) is 21.4. The molecule has 2 N–H and O–H groups in total. The van der Waals surface area contributed by atoms with Gasteiger partial charge in [-0.15, -0.1) is 5.10 Å². The highest BCUT2D eigenvalue weighted by Crippen LogP contribution is 2.38. The number of pyridine rings is 1. The number of hydrogen-bond donors (Lipinski definition) is 1. The molecule has 0 radical (unpaired) electrons. The van der Waals surface area contributed by atoms with Crippen LogP contribution in [0, 0.1) is 0 Å². The molecular weight excluding hydrogens is 476 g/mol. The number of rotatable bonds is 3. The SMILES string of the molecule is NC(=O)c1cc2c(-c3ccc(Cl)cc3)n(-c3ccc(Cl)cc3Cl)nc2nc1C(F)(F)F. The average molecular weight is 486 g/mol. The van der Waals surface area contributed by atoms with Gasteiger partial charge in [-0.3, -0.25) is 4.79 Å². The fourth-order valence-electron chi connectivity index (χ4n) is 3.13.